The van der Waals surface area contributed by atoms with Crippen LogP contribution < -0.4 is 0 Å². The fourth-order valence-corrected chi connectivity index (χ4v) is 3.50. The molecule has 6 nitrogen and oxygen atoms in total. The van der Waals surface area contributed by atoms with Crippen LogP contribution in [0.5, 0.6) is 0 Å². The number of allylic oxidation sites excluding steroid dienone is 1. The number of ether oxygens (including phenoxy) is 4. The summed E-state index contributed by atoms with van der Waals surface area (Å²) in [5.74, 6) is 0. The highest BCUT2D eigenvalue weighted by Crippen LogP contribution is 2.28. The summed E-state index contributed by atoms with van der Waals surface area (Å²) in [6, 6.07) is 19.5. The lowest BCUT2D eigenvalue weighted by molar-refractivity contribution is -0.319. The van der Waals surface area contributed by atoms with Crippen molar-refractivity contribution in [3.63, 3.8) is 0 Å². The van der Waals surface area contributed by atoms with Gasteiger partial charge in [-0.15, -0.1) is 6.58 Å². The molecule has 0 unspecified atom stereocenters. The summed E-state index contributed by atoms with van der Waals surface area (Å²) in [5, 5.41) is 20.6. The van der Waals surface area contributed by atoms with Crippen LogP contribution >= 0.6 is 0 Å². The van der Waals surface area contributed by atoms with Crippen molar-refractivity contribution in [1.82, 2.24) is 0 Å². The number of benzene rings is 2. The van der Waals surface area contributed by atoms with Crippen LogP contribution in [0, 0.1) is 0 Å². The van der Waals surface area contributed by atoms with Gasteiger partial charge in [-0.05, 0) is 24.0 Å². The van der Waals surface area contributed by atoms with Crippen LogP contribution in [0.2, 0.25) is 0 Å². The maximum Gasteiger partial charge on any atom is 0.186 e. The minimum atomic E-state index is -1.05. The highest BCUT2D eigenvalue weighted by molar-refractivity contribution is 5.14. The second-order valence-corrected chi connectivity index (χ2v) is 7.54. The largest absolute Gasteiger partial charge is 0.394 e. The van der Waals surface area contributed by atoms with E-state index in [1.807, 2.05) is 66.7 Å². The summed E-state index contributed by atoms with van der Waals surface area (Å²) in [4.78, 5) is 0. The third kappa shape index (κ3) is 6.97. The predicted octanol–water partition coefficient (Wildman–Crippen LogP) is 3.22. The Bertz CT molecular complexity index is 753. The van der Waals surface area contributed by atoms with E-state index in [4.69, 9.17) is 18.9 Å². The molecule has 0 aliphatic carbocycles. The van der Waals surface area contributed by atoms with Gasteiger partial charge < -0.3 is 29.2 Å². The highest BCUT2D eigenvalue weighted by atomic mass is 16.7. The molecule has 1 aliphatic heterocycles. The van der Waals surface area contributed by atoms with Crippen LogP contribution in [0.1, 0.15) is 24.0 Å². The molecule has 1 aliphatic rings. The molecule has 0 amide bonds. The second-order valence-electron chi connectivity index (χ2n) is 7.54. The molecule has 1 fully saturated rings. The molecular weight excluding hydrogens is 396 g/mol. The molecule has 1 heterocycles. The Morgan fingerprint density at radius 2 is 1.45 bits per heavy atom. The zero-order chi connectivity index (χ0) is 21.9. The number of hydrogen-bond donors (Lipinski definition) is 2. The van der Waals surface area contributed by atoms with E-state index < -0.39 is 30.7 Å². The van der Waals surface area contributed by atoms with Crippen molar-refractivity contribution >= 4 is 0 Å². The van der Waals surface area contributed by atoms with Gasteiger partial charge >= 0.3 is 0 Å². The van der Waals surface area contributed by atoms with Crippen molar-refractivity contribution in [1.29, 1.82) is 0 Å². The van der Waals surface area contributed by atoms with Crippen LogP contribution in [0.25, 0.3) is 0 Å². The lowest BCUT2D eigenvalue weighted by Crippen LogP contribution is -2.60. The Kier molecular flexibility index (Phi) is 9.68. The number of rotatable bonds is 12. The van der Waals surface area contributed by atoms with Crippen molar-refractivity contribution in [2.24, 2.45) is 0 Å². The van der Waals surface area contributed by atoms with E-state index in [-0.39, 0.29) is 6.61 Å². The van der Waals surface area contributed by atoms with Crippen LogP contribution in [0.15, 0.2) is 73.3 Å². The number of unbranched alkanes of at least 4 members (excludes halogenated alkanes) is 1. The molecule has 6 heteroatoms. The first-order valence-corrected chi connectivity index (χ1v) is 10.7. The maximum atomic E-state index is 10.8. The molecule has 0 aromatic heterocycles. The molecule has 2 N–H and O–H groups in total. The Balaban J connectivity index is 1.74. The Hall–Kier alpha value is -2.06. The lowest BCUT2D eigenvalue weighted by Gasteiger charge is -2.43. The average Bonchev–Trinajstić information content (AvgIpc) is 2.82. The third-order valence-electron chi connectivity index (χ3n) is 5.20. The van der Waals surface area contributed by atoms with Crippen LogP contribution in [-0.4, -0.2) is 54.1 Å². The van der Waals surface area contributed by atoms with Gasteiger partial charge in [-0.3, -0.25) is 0 Å². The Morgan fingerprint density at radius 3 is 2.00 bits per heavy atom. The molecular formula is C25H32O6. The number of aliphatic hydroxyl groups is 2. The smallest absolute Gasteiger partial charge is 0.186 e. The number of aliphatic hydroxyl groups excluding tert-OH is 2. The van der Waals surface area contributed by atoms with Gasteiger partial charge in [-0.25, -0.2) is 0 Å². The van der Waals surface area contributed by atoms with Crippen LogP contribution in [-0.2, 0) is 32.2 Å². The van der Waals surface area contributed by atoms with Crippen molar-refractivity contribution in [2.45, 2.75) is 56.8 Å². The van der Waals surface area contributed by atoms with Gasteiger partial charge in [-0.1, -0.05) is 66.7 Å². The molecule has 2 aromatic rings. The minimum absolute atomic E-state index is 0.301. The molecule has 0 saturated carbocycles. The van der Waals surface area contributed by atoms with E-state index in [1.54, 1.807) is 0 Å². The molecule has 3 rings (SSSR count). The van der Waals surface area contributed by atoms with Gasteiger partial charge in [0.15, 0.2) is 6.29 Å². The van der Waals surface area contributed by atoms with E-state index in [0.717, 1.165) is 24.0 Å². The molecule has 5 atom stereocenters. The van der Waals surface area contributed by atoms with E-state index in [9.17, 15) is 10.2 Å². The van der Waals surface area contributed by atoms with Crippen molar-refractivity contribution in [2.75, 3.05) is 13.2 Å². The second kappa shape index (κ2) is 12.7. The van der Waals surface area contributed by atoms with E-state index in [2.05, 4.69) is 6.58 Å². The fraction of sp³-hybridized carbons (Fsp3) is 0.440. The zero-order valence-corrected chi connectivity index (χ0v) is 17.7. The van der Waals surface area contributed by atoms with Crippen LogP contribution in [0.4, 0.5) is 0 Å². The predicted molar refractivity (Wildman–Crippen MR) is 117 cm³/mol. The van der Waals surface area contributed by atoms with Crippen molar-refractivity contribution in [3.8, 4) is 0 Å². The first-order valence-electron chi connectivity index (χ1n) is 10.7. The first-order chi connectivity index (χ1) is 15.2. The Morgan fingerprint density at radius 1 is 0.871 bits per heavy atom. The van der Waals surface area contributed by atoms with Gasteiger partial charge in [0.2, 0.25) is 0 Å². The van der Waals surface area contributed by atoms with Gasteiger partial charge in [0.05, 0.1) is 26.4 Å². The van der Waals surface area contributed by atoms with Gasteiger partial charge in [0.25, 0.3) is 0 Å². The molecule has 2 aromatic carbocycles. The molecule has 0 radical (unpaired) electrons. The zero-order valence-electron chi connectivity index (χ0n) is 17.7. The minimum Gasteiger partial charge on any atom is -0.394 e. The quantitative estimate of drug-likeness (QED) is 0.399. The van der Waals surface area contributed by atoms with Gasteiger partial charge in [0.1, 0.15) is 24.4 Å². The lowest BCUT2D eigenvalue weighted by atomic mass is 9.98. The monoisotopic (exact) mass is 428 g/mol. The topological polar surface area (TPSA) is 77.4 Å². The van der Waals surface area contributed by atoms with Crippen molar-refractivity contribution < 1.29 is 29.2 Å². The van der Waals surface area contributed by atoms with Crippen LogP contribution in [0.3, 0.4) is 0 Å². The number of hydrogen-bond acceptors (Lipinski definition) is 6. The maximum absolute atomic E-state index is 10.8. The first kappa shape index (κ1) is 23.6. The molecule has 31 heavy (non-hydrogen) atoms. The summed E-state index contributed by atoms with van der Waals surface area (Å²) < 4.78 is 24.1. The summed E-state index contributed by atoms with van der Waals surface area (Å²) in [7, 11) is 0. The van der Waals surface area contributed by atoms with E-state index >= 15 is 0 Å². The van der Waals surface area contributed by atoms with E-state index in [0.29, 0.717) is 19.8 Å². The van der Waals surface area contributed by atoms with Gasteiger partial charge in [-0.2, -0.15) is 0 Å². The normalized spacial score (nSPS) is 25.9. The average molecular weight is 429 g/mol. The molecule has 0 spiro atoms. The fourth-order valence-electron chi connectivity index (χ4n) is 3.50. The summed E-state index contributed by atoms with van der Waals surface area (Å²) in [6.07, 6.45) is -0.580. The molecule has 0 bridgehead atoms. The summed E-state index contributed by atoms with van der Waals surface area (Å²) in [6.45, 7) is 4.45. The summed E-state index contributed by atoms with van der Waals surface area (Å²) >= 11 is 0. The van der Waals surface area contributed by atoms with Gasteiger partial charge in [0, 0.05) is 0 Å². The summed E-state index contributed by atoms with van der Waals surface area (Å²) in [5.41, 5.74) is 1.97. The Labute approximate surface area is 184 Å². The highest BCUT2D eigenvalue weighted by Gasteiger charge is 2.47. The van der Waals surface area contributed by atoms with E-state index in [1.165, 1.54) is 0 Å². The standard InChI is InChI=1S/C25H32O6/c1-2-3-10-15-28-25-24(30-18-20-13-8-5-9-14-20)23(22(27)21(16-26)31-25)29-17-19-11-6-4-7-12-19/h2,4-9,11-14,21-27H,1,3,10,15-18H2/t21-,22+,23+,24-,25-/m1/s1. The molecule has 1 saturated heterocycles. The molecule has 168 valence electrons. The third-order valence-corrected chi connectivity index (χ3v) is 5.20. The SMILES string of the molecule is C=CCCCO[C@@H]1O[C@H](CO)[C@H](O)[C@H](OCc2ccccc2)[C@H]1OCc1ccccc1. The van der Waals surface area contributed by atoms with Crippen molar-refractivity contribution in [3.05, 3.63) is 84.4 Å².